The molecule has 2 aromatic heterocycles. The molecule has 20 heteroatoms. The molecule has 6 amide bonds. The number of benzene rings is 1. The van der Waals surface area contributed by atoms with Crippen LogP contribution in [0.4, 0.5) is 23.1 Å². The molecule has 1 unspecified atom stereocenters. The molecule has 0 bridgehead atoms. The minimum atomic E-state index is -0.999. The Balaban J connectivity index is 0.653. The predicted molar refractivity (Wildman–Crippen MR) is 261 cm³/mol. The van der Waals surface area contributed by atoms with E-state index in [1.807, 2.05) is 24.2 Å². The number of imide groups is 2. The first-order valence-corrected chi connectivity index (χ1v) is 25.8. The van der Waals surface area contributed by atoms with Gasteiger partial charge < -0.3 is 30.1 Å². The van der Waals surface area contributed by atoms with Crippen molar-refractivity contribution in [2.75, 3.05) is 74.5 Å². The van der Waals surface area contributed by atoms with Crippen molar-refractivity contribution in [1.29, 1.82) is 0 Å². The van der Waals surface area contributed by atoms with Crippen molar-refractivity contribution >= 4 is 64.6 Å². The van der Waals surface area contributed by atoms with E-state index in [1.54, 1.807) is 29.9 Å². The SMILES string of the molecule is CCOC(=O)c1cnc(Nc2cnn(C)c2)nc1NC1CCC(N2CCN(C(=O)C3CCC(C(=O)N4CCC5(CCCN(c6ccc7c(c6)C(=O)N(C6CCC(=O)NC6=O)C7=O)C5)CC4)CC3)CC2)CC1. The monoisotopic (exact) mass is 975 g/mol. The number of aromatic nitrogens is 4. The Labute approximate surface area is 413 Å². The lowest BCUT2D eigenvalue weighted by atomic mass is 9.72. The molecule has 378 valence electrons. The number of likely N-dealkylation sites (tertiary alicyclic amines) is 1. The molecule has 20 nitrogen and oxygen atoms in total. The first-order chi connectivity index (χ1) is 34.3. The molecule has 1 aromatic carbocycles. The summed E-state index contributed by atoms with van der Waals surface area (Å²) in [5, 5.41) is 13.1. The van der Waals surface area contributed by atoms with Gasteiger partial charge >= 0.3 is 5.97 Å². The summed E-state index contributed by atoms with van der Waals surface area (Å²) in [6.07, 6.45) is 15.8. The Morgan fingerprint density at radius 1 is 0.803 bits per heavy atom. The summed E-state index contributed by atoms with van der Waals surface area (Å²) in [4.78, 5) is 111. The number of amides is 6. The molecule has 2 aliphatic carbocycles. The number of hydrogen-bond acceptors (Lipinski definition) is 15. The smallest absolute Gasteiger partial charge is 0.343 e. The van der Waals surface area contributed by atoms with E-state index in [-0.39, 0.29) is 65.7 Å². The second kappa shape index (κ2) is 20.4. The van der Waals surface area contributed by atoms with Crippen LogP contribution in [-0.4, -0.2) is 158 Å². The van der Waals surface area contributed by atoms with Gasteiger partial charge in [0.05, 0.1) is 29.6 Å². The summed E-state index contributed by atoms with van der Waals surface area (Å²) in [7, 11) is 1.83. The molecule has 7 heterocycles. The van der Waals surface area contributed by atoms with Crippen molar-refractivity contribution in [3.63, 3.8) is 0 Å². The summed E-state index contributed by atoms with van der Waals surface area (Å²) < 4.78 is 6.99. The summed E-state index contributed by atoms with van der Waals surface area (Å²) >= 11 is 0. The first-order valence-electron chi connectivity index (χ1n) is 25.8. The number of piperazine rings is 1. The number of nitrogens with zero attached hydrogens (tertiary/aromatic N) is 9. The quantitative estimate of drug-likeness (QED) is 0.182. The van der Waals surface area contributed by atoms with Crippen LogP contribution in [0, 0.1) is 17.3 Å². The second-order valence-electron chi connectivity index (χ2n) is 20.8. The number of rotatable bonds is 11. The minimum Gasteiger partial charge on any atom is -0.462 e. The lowest BCUT2D eigenvalue weighted by Gasteiger charge is -2.49. The molecule has 6 fully saturated rings. The second-order valence-corrected chi connectivity index (χ2v) is 20.8. The molecular weight excluding hydrogens is 909 g/mol. The maximum atomic E-state index is 13.9. The number of piperidine rings is 3. The number of ether oxygens (including phenoxy) is 1. The van der Waals surface area contributed by atoms with Gasteiger partial charge in [0.15, 0.2) is 0 Å². The Bertz CT molecular complexity index is 2550. The minimum absolute atomic E-state index is 0.0386. The largest absolute Gasteiger partial charge is 0.462 e. The molecule has 0 radical (unpaired) electrons. The summed E-state index contributed by atoms with van der Waals surface area (Å²) in [6, 6.07) is 4.91. The standard InChI is InChI=1S/C51H66N12O8/c1-3-71-49(70)40-29-52-50(55-35-28-53-58(2)30-35)57-43(40)54-34-9-11-36(12-10-34)59-23-25-61(26-24-59)46(67)33-7-5-32(6-8-33)45(66)60-21-18-51(19-22-60)17-4-20-62(31-51)37-13-14-38-39(27-37)48(69)63(47(38)68)41-15-16-42(64)56-44(41)65/h13-14,27-30,32-34,36,41H,3-12,15-26,31H2,1-2H3,(H,56,64,65)(H2,52,54,55,57). The van der Waals surface area contributed by atoms with Gasteiger partial charge in [-0.05, 0) is 114 Å². The summed E-state index contributed by atoms with van der Waals surface area (Å²) in [5.41, 5.74) is 2.51. The Hall–Kier alpha value is -6.44. The zero-order chi connectivity index (χ0) is 49.4. The fraction of sp³-hybridized carbons (Fsp3) is 0.608. The van der Waals surface area contributed by atoms with Crippen molar-refractivity contribution in [2.24, 2.45) is 24.3 Å². The Kier molecular flexibility index (Phi) is 13.8. The zero-order valence-corrected chi connectivity index (χ0v) is 40.9. The van der Waals surface area contributed by atoms with E-state index in [0.717, 1.165) is 120 Å². The highest BCUT2D eigenvalue weighted by molar-refractivity contribution is 6.23. The average Bonchev–Trinajstić information content (AvgIpc) is 3.91. The van der Waals surface area contributed by atoms with Crippen LogP contribution in [0.15, 0.2) is 36.8 Å². The van der Waals surface area contributed by atoms with Gasteiger partial charge in [-0.25, -0.2) is 9.78 Å². The number of aryl methyl sites for hydroxylation is 1. The number of carbonyl (C=O) groups is 7. The van der Waals surface area contributed by atoms with Gasteiger partial charge in [0.1, 0.15) is 17.4 Å². The lowest BCUT2D eigenvalue weighted by molar-refractivity contribution is -0.144. The van der Waals surface area contributed by atoms with Crippen LogP contribution in [0.3, 0.4) is 0 Å². The number of esters is 1. The van der Waals surface area contributed by atoms with Crippen molar-refractivity contribution < 1.29 is 38.3 Å². The highest BCUT2D eigenvalue weighted by atomic mass is 16.5. The number of nitrogens with one attached hydrogen (secondary N) is 3. The topological polar surface area (TPSA) is 225 Å². The van der Waals surface area contributed by atoms with Crippen LogP contribution in [0.25, 0.3) is 0 Å². The van der Waals surface area contributed by atoms with Crippen LogP contribution in [-0.2, 0) is 31.0 Å². The van der Waals surface area contributed by atoms with Gasteiger partial charge in [0, 0.05) is 108 Å². The number of hydrogen-bond donors (Lipinski definition) is 3. The molecule has 4 saturated heterocycles. The third-order valence-electron chi connectivity index (χ3n) is 16.4. The summed E-state index contributed by atoms with van der Waals surface area (Å²) in [6.45, 7) is 8.17. The highest BCUT2D eigenvalue weighted by Crippen LogP contribution is 2.43. The number of anilines is 4. The molecule has 71 heavy (non-hydrogen) atoms. The molecule has 1 atom stereocenters. The van der Waals surface area contributed by atoms with E-state index in [1.165, 1.54) is 6.20 Å². The average molecular weight is 975 g/mol. The number of carbonyl (C=O) groups excluding carboxylic acids is 7. The van der Waals surface area contributed by atoms with Crippen LogP contribution < -0.4 is 20.9 Å². The van der Waals surface area contributed by atoms with E-state index in [0.29, 0.717) is 49.6 Å². The Morgan fingerprint density at radius 3 is 2.15 bits per heavy atom. The molecule has 10 rings (SSSR count). The van der Waals surface area contributed by atoms with Crippen LogP contribution in [0.2, 0.25) is 0 Å². The molecule has 3 aromatic rings. The van der Waals surface area contributed by atoms with Crippen molar-refractivity contribution in [3.05, 3.63) is 53.5 Å². The van der Waals surface area contributed by atoms with Crippen LogP contribution in [0.1, 0.15) is 128 Å². The zero-order valence-electron chi connectivity index (χ0n) is 40.9. The molecule has 7 aliphatic rings. The normalized spacial score (nSPS) is 26.0. The molecule has 2 saturated carbocycles. The third kappa shape index (κ3) is 10.1. The summed E-state index contributed by atoms with van der Waals surface area (Å²) in [5.74, 6) is -1.33. The van der Waals surface area contributed by atoms with Gasteiger partial charge in [-0.1, -0.05) is 0 Å². The molecule has 3 N–H and O–H groups in total. The molecule has 1 spiro atoms. The van der Waals surface area contributed by atoms with Gasteiger partial charge in [-0.15, -0.1) is 0 Å². The molecular formula is C51H66N12O8. The van der Waals surface area contributed by atoms with Gasteiger partial charge in [0.2, 0.25) is 29.6 Å². The van der Waals surface area contributed by atoms with Crippen LogP contribution >= 0.6 is 0 Å². The highest BCUT2D eigenvalue weighted by Gasteiger charge is 2.46. The fourth-order valence-electron chi connectivity index (χ4n) is 12.4. The third-order valence-corrected chi connectivity index (χ3v) is 16.4. The van der Waals surface area contributed by atoms with E-state index in [4.69, 9.17) is 4.74 Å². The lowest BCUT2D eigenvalue weighted by Crippen LogP contribution is -2.54. The predicted octanol–water partition coefficient (Wildman–Crippen LogP) is 4.11. The maximum absolute atomic E-state index is 13.9. The van der Waals surface area contributed by atoms with Crippen molar-refractivity contribution in [2.45, 2.75) is 115 Å². The van der Waals surface area contributed by atoms with E-state index >= 15 is 0 Å². The van der Waals surface area contributed by atoms with Crippen molar-refractivity contribution in [1.82, 2.24) is 44.7 Å². The van der Waals surface area contributed by atoms with E-state index in [2.05, 4.69) is 45.7 Å². The van der Waals surface area contributed by atoms with Crippen LogP contribution in [0.5, 0.6) is 0 Å². The van der Waals surface area contributed by atoms with Gasteiger partial charge in [0.25, 0.3) is 11.8 Å². The van der Waals surface area contributed by atoms with E-state index in [9.17, 15) is 33.6 Å². The maximum Gasteiger partial charge on any atom is 0.343 e. The van der Waals surface area contributed by atoms with Gasteiger partial charge in [-0.2, -0.15) is 10.1 Å². The van der Waals surface area contributed by atoms with Gasteiger partial charge in [-0.3, -0.25) is 48.6 Å². The van der Waals surface area contributed by atoms with Crippen molar-refractivity contribution in [3.8, 4) is 0 Å². The fourth-order valence-corrected chi connectivity index (χ4v) is 12.4. The van der Waals surface area contributed by atoms with E-state index < -0.39 is 35.6 Å². The Morgan fingerprint density at radius 2 is 1.49 bits per heavy atom. The molecule has 5 aliphatic heterocycles. The number of fused-ring (bicyclic) bond motifs is 1. The first kappa shape index (κ1) is 48.2.